The number of aryl methyl sites for hydroxylation is 1. The number of carboxylic acid groups (broad SMARTS) is 1. The predicted molar refractivity (Wildman–Crippen MR) is 54.6 cm³/mol. The van der Waals surface area contributed by atoms with E-state index in [0.29, 0.717) is 18.8 Å². The van der Waals surface area contributed by atoms with Crippen LogP contribution in [-0.2, 0) is 22.6 Å². The number of carbonyl (C=O) groups is 2. The van der Waals surface area contributed by atoms with Crippen LogP contribution in [0.4, 0.5) is 0 Å². The molecule has 0 radical (unpaired) electrons. The number of aliphatic carboxylic acids is 1. The number of aromatic nitrogens is 3. The van der Waals surface area contributed by atoms with Crippen LogP contribution in [0.1, 0.15) is 19.2 Å². The first-order valence-electron chi connectivity index (χ1n) is 4.98. The molecule has 0 saturated carbocycles. The van der Waals surface area contributed by atoms with E-state index in [9.17, 15) is 9.59 Å². The van der Waals surface area contributed by atoms with Crippen LogP contribution < -0.4 is 5.32 Å². The lowest BCUT2D eigenvalue weighted by Crippen LogP contribution is -2.38. The van der Waals surface area contributed by atoms with Gasteiger partial charge in [-0.05, 0) is 6.42 Å². The van der Waals surface area contributed by atoms with E-state index in [1.54, 1.807) is 4.68 Å². The van der Waals surface area contributed by atoms with Crippen molar-refractivity contribution in [3.05, 3.63) is 12.2 Å². The summed E-state index contributed by atoms with van der Waals surface area (Å²) in [6.07, 6.45) is 2.77. The van der Waals surface area contributed by atoms with Crippen molar-refractivity contribution in [1.82, 2.24) is 20.1 Å². The van der Waals surface area contributed by atoms with Gasteiger partial charge in [-0.25, -0.2) is 9.78 Å². The summed E-state index contributed by atoms with van der Waals surface area (Å²) in [5.41, 5.74) is 0. The lowest BCUT2D eigenvalue weighted by atomic mass is 10.2. The summed E-state index contributed by atoms with van der Waals surface area (Å²) in [5.74, 6) is -0.526. The van der Waals surface area contributed by atoms with Crippen LogP contribution in [0.15, 0.2) is 6.33 Å². The summed E-state index contributed by atoms with van der Waals surface area (Å²) < 4.78 is 1.64. The first-order chi connectivity index (χ1) is 7.69. The van der Waals surface area contributed by atoms with Gasteiger partial charge in [0.25, 0.3) is 0 Å². The van der Waals surface area contributed by atoms with Crippen molar-refractivity contribution in [2.45, 2.75) is 32.4 Å². The van der Waals surface area contributed by atoms with Crippen molar-refractivity contribution >= 4 is 12.4 Å². The fourth-order valence-corrected chi connectivity index (χ4v) is 1.33. The highest BCUT2D eigenvalue weighted by molar-refractivity contribution is 5.76. The van der Waals surface area contributed by atoms with E-state index in [1.807, 2.05) is 6.92 Å². The zero-order valence-electron chi connectivity index (χ0n) is 8.96. The molecule has 7 nitrogen and oxygen atoms in total. The number of rotatable bonds is 7. The van der Waals surface area contributed by atoms with Gasteiger partial charge in [0.15, 0.2) is 0 Å². The molecule has 7 heteroatoms. The van der Waals surface area contributed by atoms with Gasteiger partial charge in [0.05, 0.1) is 0 Å². The first-order valence-corrected chi connectivity index (χ1v) is 4.98. The fourth-order valence-electron chi connectivity index (χ4n) is 1.33. The quantitative estimate of drug-likeness (QED) is 0.607. The molecule has 0 saturated heterocycles. The second-order valence-corrected chi connectivity index (χ2v) is 3.28. The lowest BCUT2D eigenvalue weighted by molar-refractivity contribution is -0.140. The Morgan fingerprint density at radius 2 is 2.50 bits per heavy atom. The Morgan fingerprint density at radius 3 is 3.06 bits per heavy atom. The Bertz CT molecular complexity index is 363. The van der Waals surface area contributed by atoms with Crippen molar-refractivity contribution in [3.63, 3.8) is 0 Å². The largest absolute Gasteiger partial charge is 0.480 e. The molecule has 16 heavy (non-hydrogen) atoms. The Morgan fingerprint density at radius 1 is 1.75 bits per heavy atom. The minimum absolute atomic E-state index is 0.133. The van der Waals surface area contributed by atoms with Crippen LogP contribution in [0, 0.1) is 0 Å². The average Bonchev–Trinajstić information content (AvgIpc) is 2.65. The van der Waals surface area contributed by atoms with E-state index in [4.69, 9.17) is 5.11 Å². The molecule has 1 heterocycles. The van der Waals surface area contributed by atoms with Gasteiger partial charge < -0.3 is 10.4 Å². The first kappa shape index (κ1) is 12.2. The zero-order chi connectivity index (χ0) is 12.0. The van der Waals surface area contributed by atoms with Crippen LogP contribution in [-0.4, -0.2) is 38.3 Å². The van der Waals surface area contributed by atoms with Gasteiger partial charge in [-0.3, -0.25) is 9.48 Å². The van der Waals surface area contributed by atoms with Crippen molar-refractivity contribution in [2.24, 2.45) is 0 Å². The molecule has 0 aliphatic heterocycles. The Kier molecular flexibility index (Phi) is 4.43. The van der Waals surface area contributed by atoms with E-state index in [0.717, 1.165) is 6.42 Å². The van der Waals surface area contributed by atoms with E-state index >= 15 is 0 Å². The third-order valence-corrected chi connectivity index (χ3v) is 2.09. The maximum atomic E-state index is 10.8. The minimum Gasteiger partial charge on any atom is -0.480 e. The van der Waals surface area contributed by atoms with Crippen LogP contribution in [0.25, 0.3) is 0 Å². The number of carbonyl (C=O) groups excluding carboxylic acids is 1. The summed E-state index contributed by atoms with van der Waals surface area (Å²) in [6, 6.07) is -0.961. The predicted octanol–water partition coefficient (Wildman–Crippen LogP) is -0.570. The molecule has 0 aliphatic carbocycles. The maximum absolute atomic E-state index is 10.8. The molecule has 1 aromatic heterocycles. The van der Waals surface area contributed by atoms with Crippen molar-refractivity contribution in [2.75, 3.05) is 0 Å². The van der Waals surface area contributed by atoms with Gasteiger partial charge in [-0.15, -0.1) is 0 Å². The molecule has 0 aromatic carbocycles. The van der Waals surface area contributed by atoms with Crippen LogP contribution in [0.3, 0.4) is 0 Å². The number of hydrogen-bond acceptors (Lipinski definition) is 4. The smallest absolute Gasteiger partial charge is 0.326 e. The lowest BCUT2D eigenvalue weighted by Gasteiger charge is -2.11. The minimum atomic E-state index is -1.09. The monoisotopic (exact) mass is 226 g/mol. The van der Waals surface area contributed by atoms with Gasteiger partial charge in [0.2, 0.25) is 6.41 Å². The zero-order valence-corrected chi connectivity index (χ0v) is 8.96. The van der Waals surface area contributed by atoms with E-state index < -0.39 is 12.0 Å². The summed E-state index contributed by atoms with van der Waals surface area (Å²) in [6.45, 7) is 2.67. The number of carboxylic acids is 1. The molecule has 1 unspecified atom stereocenters. The number of nitrogens with one attached hydrogen (secondary N) is 1. The second-order valence-electron chi connectivity index (χ2n) is 3.28. The Hall–Kier alpha value is -1.92. The van der Waals surface area contributed by atoms with Gasteiger partial charge in [-0.1, -0.05) is 6.92 Å². The Labute approximate surface area is 92.5 Å². The van der Waals surface area contributed by atoms with Gasteiger partial charge in [0, 0.05) is 13.0 Å². The van der Waals surface area contributed by atoms with Gasteiger partial charge in [0.1, 0.15) is 18.2 Å². The maximum Gasteiger partial charge on any atom is 0.326 e. The van der Waals surface area contributed by atoms with Gasteiger partial charge >= 0.3 is 5.97 Å². The number of amides is 1. The average molecular weight is 226 g/mol. The van der Waals surface area contributed by atoms with E-state index in [1.165, 1.54) is 6.33 Å². The second kappa shape index (κ2) is 5.84. The SMILES string of the molecule is CCCn1ncnc1CC(NC=O)C(=O)O. The van der Waals surface area contributed by atoms with E-state index in [2.05, 4.69) is 15.4 Å². The normalized spacial score (nSPS) is 12.1. The molecule has 2 N–H and O–H groups in total. The van der Waals surface area contributed by atoms with Crippen molar-refractivity contribution in [3.8, 4) is 0 Å². The third-order valence-electron chi connectivity index (χ3n) is 2.09. The molecule has 1 aromatic rings. The molecule has 0 spiro atoms. The van der Waals surface area contributed by atoms with Gasteiger partial charge in [-0.2, -0.15) is 5.10 Å². The van der Waals surface area contributed by atoms with Crippen molar-refractivity contribution < 1.29 is 14.7 Å². The molecule has 88 valence electrons. The Balaban J connectivity index is 2.72. The molecule has 0 aliphatic rings. The highest BCUT2D eigenvalue weighted by Crippen LogP contribution is 2.01. The summed E-state index contributed by atoms with van der Waals surface area (Å²) in [7, 11) is 0. The molecule has 0 fully saturated rings. The molecule has 1 rings (SSSR count). The fraction of sp³-hybridized carbons (Fsp3) is 0.556. The number of hydrogen-bond donors (Lipinski definition) is 2. The van der Waals surface area contributed by atoms with Crippen LogP contribution in [0.2, 0.25) is 0 Å². The van der Waals surface area contributed by atoms with Crippen LogP contribution in [0.5, 0.6) is 0 Å². The standard InChI is InChI=1S/C9H14N4O3/c1-2-3-13-8(10-5-12-13)4-7(9(15)16)11-6-14/h5-7H,2-4H2,1H3,(H,11,14)(H,15,16). The molecular formula is C9H14N4O3. The van der Waals surface area contributed by atoms with Crippen LogP contribution >= 0.6 is 0 Å². The summed E-state index contributed by atoms with van der Waals surface area (Å²) in [5, 5.41) is 15.0. The topological polar surface area (TPSA) is 97.1 Å². The molecule has 1 amide bonds. The van der Waals surface area contributed by atoms with E-state index in [-0.39, 0.29) is 6.42 Å². The number of nitrogens with zero attached hydrogens (tertiary/aromatic N) is 3. The van der Waals surface area contributed by atoms with Crippen molar-refractivity contribution in [1.29, 1.82) is 0 Å². The molecular weight excluding hydrogens is 212 g/mol. The third kappa shape index (κ3) is 3.04. The molecule has 0 bridgehead atoms. The molecule has 1 atom stereocenters. The highest BCUT2D eigenvalue weighted by Gasteiger charge is 2.19. The summed E-state index contributed by atoms with van der Waals surface area (Å²) >= 11 is 0. The highest BCUT2D eigenvalue weighted by atomic mass is 16.4. The summed E-state index contributed by atoms with van der Waals surface area (Å²) in [4.78, 5) is 25.0.